The highest BCUT2D eigenvalue weighted by atomic mass is 32.1. The summed E-state index contributed by atoms with van der Waals surface area (Å²) < 4.78 is 0. The number of aromatic nitrogens is 2. The van der Waals surface area contributed by atoms with Crippen LogP contribution in [0.2, 0.25) is 0 Å². The molecule has 1 unspecified atom stereocenters. The number of carbonyl (C=O) groups excluding carboxylic acids is 2. The van der Waals surface area contributed by atoms with Gasteiger partial charge < -0.3 is 10.2 Å². The van der Waals surface area contributed by atoms with E-state index in [4.69, 9.17) is 0 Å². The van der Waals surface area contributed by atoms with E-state index in [0.29, 0.717) is 30.5 Å². The zero-order valence-corrected chi connectivity index (χ0v) is 15.9. The largest absolute Gasteiger partial charge is 0.345 e. The molecular formula is C16H21N5O2S2. The lowest BCUT2D eigenvalue weighted by Gasteiger charge is -2.24. The summed E-state index contributed by atoms with van der Waals surface area (Å²) in [6, 6.07) is -0.118. The van der Waals surface area contributed by atoms with Gasteiger partial charge in [0, 0.05) is 49.6 Å². The number of likely N-dealkylation sites (N-methyl/N-ethyl adjacent to an activating group) is 1. The van der Waals surface area contributed by atoms with Crippen molar-refractivity contribution < 1.29 is 9.59 Å². The fraction of sp³-hybridized carbons (Fsp3) is 0.500. The summed E-state index contributed by atoms with van der Waals surface area (Å²) in [6.45, 7) is 4.06. The number of nitrogens with zero attached hydrogens (tertiary/aromatic N) is 4. The molecule has 2 aromatic rings. The number of rotatable bonds is 6. The number of nitrogens with one attached hydrogen (secondary N) is 1. The quantitative estimate of drug-likeness (QED) is 0.835. The van der Waals surface area contributed by atoms with Crippen molar-refractivity contribution in [2.45, 2.75) is 25.7 Å². The van der Waals surface area contributed by atoms with Crippen LogP contribution in [-0.4, -0.2) is 53.5 Å². The Morgan fingerprint density at radius 1 is 1.48 bits per heavy atom. The third-order valence-corrected chi connectivity index (χ3v) is 5.95. The van der Waals surface area contributed by atoms with Crippen LogP contribution in [0.4, 0.5) is 9.93 Å². The van der Waals surface area contributed by atoms with Gasteiger partial charge in [-0.25, -0.2) is 14.8 Å². The Balaban J connectivity index is 1.56. The first-order chi connectivity index (χ1) is 12.0. The highest BCUT2D eigenvalue weighted by molar-refractivity contribution is 7.14. The minimum atomic E-state index is -0.118. The number of anilines is 1. The predicted octanol–water partition coefficient (Wildman–Crippen LogP) is 2.32. The van der Waals surface area contributed by atoms with E-state index < -0.39 is 0 Å². The Morgan fingerprint density at radius 2 is 2.32 bits per heavy atom. The molecule has 0 bridgehead atoms. The minimum absolute atomic E-state index is 0.0170. The van der Waals surface area contributed by atoms with Crippen LogP contribution in [0, 0.1) is 0 Å². The molecule has 0 spiro atoms. The van der Waals surface area contributed by atoms with Gasteiger partial charge >= 0.3 is 6.03 Å². The summed E-state index contributed by atoms with van der Waals surface area (Å²) in [5, 5.41) is 8.29. The van der Waals surface area contributed by atoms with E-state index in [1.165, 1.54) is 11.3 Å². The van der Waals surface area contributed by atoms with Crippen molar-refractivity contribution in [3.05, 3.63) is 27.7 Å². The Morgan fingerprint density at radius 3 is 3.04 bits per heavy atom. The van der Waals surface area contributed by atoms with E-state index in [9.17, 15) is 9.59 Å². The second kappa shape index (κ2) is 7.92. The number of thiazole rings is 2. The van der Waals surface area contributed by atoms with Gasteiger partial charge in [0.05, 0.1) is 17.1 Å². The van der Waals surface area contributed by atoms with Gasteiger partial charge in [-0.1, -0.05) is 6.92 Å². The average Bonchev–Trinajstić information content (AvgIpc) is 3.27. The molecule has 7 nitrogen and oxygen atoms in total. The summed E-state index contributed by atoms with van der Waals surface area (Å²) in [5.74, 6) is 0.223. The Bertz CT molecular complexity index is 731. The molecular weight excluding hydrogens is 358 g/mol. The fourth-order valence-corrected chi connectivity index (χ4v) is 4.21. The van der Waals surface area contributed by atoms with Crippen LogP contribution in [0.5, 0.6) is 0 Å². The third-order valence-electron chi connectivity index (χ3n) is 4.03. The van der Waals surface area contributed by atoms with Crippen molar-refractivity contribution in [2.75, 3.05) is 31.6 Å². The lowest BCUT2D eigenvalue weighted by atomic mass is 10.2. The third kappa shape index (κ3) is 4.35. The highest BCUT2D eigenvalue weighted by Crippen LogP contribution is 2.23. The smallest absolute Gasteiger partial charge is 0.323 e. The number of hydrogen-bond donors (Lipinski definition) is 1. The van der Waals surface area contributed by atoms with Crippen molar-refractivity contribution in [1.82, 2.24) is 20.2 Å². The van der Waals surface area contributed by atoms with Crippen molar-refractivity contribution in [2.24, 2.45) is 0 Å². The first-order valence-electron chi connectivity index (χ1n) is 8.17. The van der Waals surface area contributed by atoms with Gasteiger partial charge in [-0.2, -0.15) is 0 Å². The zero-order chi connectivity index (χ0) is 17.8. The average molecular weight is 380 g/mol. The number of urea groups is 1. The molecule has 0 aliphatic carbocycles. The molecule has 3 heterocycles. The summed E-state index contributed by atoms with van der Waals surface area (Å²) in [4.78, 5) is 36.4. The molecule has 2 aromatic heterocycles. The number of amides is 3. The van der Waals surface area contributed by atoms with Gasteiger partial charge in [-0.15, -0.1) is 22.7 Å². The first kappa shape index (κ1) is 17.8. The van der Waals surface area contributed by atoms with Crippen LogP contribution < -0.4 is 10.2 Å². The van der Waals surface area contributed by atoms with E-state index >= 15 is 0 Å². The molecule has 3 amide bonds. The molecule has 0 aromatic carbocycles. The fourth-order valence-electron chi connectivity index (χ4n) is 2.67. The van der Waals surface area contributed by atoms with Crippen LogP contribution in [0.15, 0.2) is 17.0 Å². The molecule has 25 heavy (non-hydrogen) atoms. The number of carbonyl (C=O) groups is 2. The molecule has 3 rings (SSSR count). The summed E-state index contributed by atoms with van der Waals surface area (Å²) >= 11 is 3.01. The van der Waals surface area contributed by atoms with Crippen LogP contribution >= 0.6 is 22.7 Å². The maximum absolute atomic E-state index is 12.4. The topological polar surface area (TPSA) is 78.4 Å². The molecule has 134 valence electrons. The lowest BCUT2D eigenvalue weighted by molar-refractivity contribution is -0.129. The maximum atomic E-state index is 12.4. The van der Waals surface area contributed by atoms with Crippen LogP contribution in [0.25, 0.3) is 0 Å². The van der Waals surface area contributed by atoms with Gasteiger partial charge in [-0.3, -0.25) is 9.69 Å². The monoisotopic (exact) mass is 379 g/mol. The molecule has 9 heteroatoms. The van der Waals surface area contributed by atoms with Crippen molar-refractivity contribution >= 4 is 39.7 Å². The predicted molar refractivity (Wildman–Crippen MR) is 99.3 cm³/mol. The van der Waals surface area contributed by atoms with Crippen LogP contribution in [0.1, 0.15) is 30.0 Å². The first-order valence-corrected chi connectivity index (χ1v) is 9.93. The van der Waals surface area contributed by atoms with Crippen molar-refractivity contribution in [1.29, 1.82) is 0 Å². The lowest BCUT2D eigenvalue weighted by Crippen LogP contribution is -2.46. The Hall–Kier alpha value is -2.00. The van der Waals surface area contributed by atoms with E-state index in [0.717, 1.165) is 11.4 Å². The SMILES string of the molecule is CC(CN(C)C(=O)Cc1csc(N2CCCNC2=O)n1)c1nccs1. The molecule has 1 atom stereocenters. The zero-order valence-electron chi connectivity index (χ0n) is 14.3. The molecule has 0 radical (unpaired) electrons. The molecule has 1 N–H and O–H groups in total. The van der Waals surface area contributed by atoms with E-state index in [-0.39, 0.29) is 24.3 Å². The maximum Gasteiger partial charge on any atom is 0.323 e. The van der Waals surface area contributed by atoms with Gasteiger partial charge in [-0.05, 0) is 6.42 Å². The van der Waals surface area contributed by atoms with E-state index in [1.807, 2.05) is 10.8 Å². The summed E-state index contributed by atoms with van der Waals surface area (Å²) in [6.07, 6.45) is 2.93. The summed E-state index contributed by atoms with van der Waals surface area (Å²) in [7, 11) is 1.80. The Kier molecular flexibility index (Phi) is 5.64. The normalized spacial score (nSPS) is 15.8. The molecule has 1 aliphatic rings. The molecule has 1 aliphatic heterocycles. The summed E-state index contributed by atoms with van der Waals surface area (Å²) in [5.41, 5.74) is 0.706. The molecule has 1 saturated heterocycles. The van der Waals surface area contributed by atoms with E-state index in [1.54, 1.807) is 34.4 Å². The second-order valence-electron chi connectivity index (χ2n) is 6.08. The van der Waals surface area contributed by atoms with Gasteiger partial charge in [0.1, 0.15) is 0 Å². The molecule has 1 fully saturated rings. The van der Waals surface area contributed by atoms with Crippen LogP contribution in [0.3, 0.4) is 0 Å². The minimum Gasteiger partial charge on any atom is -0.345 e. The Labute approximate surface area is 154 Å². The highest BCUT2D eigenvalue weighted by Gasteiger charge is 2.23. The van der Waals surface area contributed by atoms with Gasteiger partial charge in [0.15, 0.2) is 5.13 Å². The second-order valence-corrected chi connectivity index (χ2v) is 7.84. The van der Waals surface area contributed by atoms with Crippen molar-refractivity contribution in [3.8, 4) is 0 Å². The number of hydrogen-bond acceptors (Lipinski definition) is 6. The van der Waals surface area contributed by atoms with Crippen molar-refractivity contribution in [3.63, 3.8) is 0 Å². The van der Waals surface area contributed by atoms with Crippen LogP contribution in [-0.2, 0) is 11.2 Å². The van der Waals surface area contributed by atoms with E-state index in [2.05, 4.69) is 22.2 Å². The van der Waals surface area contributed by atoms with Gasteiger partial charge in [0.2, 0.25) is 5.91 Å². The standard InChI is InChI=1S/C16H21N5O2S2/c1-11(14-17-5-7-24-14)9-20(2)13(22)8-12-10-25-16(19-12)21-6-3-4-18-15(21)23/h5,7,10-11H,3-4,6,8-9H2,1-2H3,(H,18,23). The van der Waals surface area contributed by atoms with Gasteiger partial charge in [0.25, 0.3) is 0 Å². The molecule has 0 saturated carbocycles.